The maximum absolute atomic E-state index is 13.9. The van der Waals surface area contributed by atoms with Crippen molar-refractivity contribution in [3.63, 3.8) is 0 Å². The van der Waals surface area contributed by atoms with Gasteiger partial charge in [0, 0.05) is 0 Å². The fraction of sp³-hybridized carbons (Fsp3) is 0.375. The number of benzene rings is 4. The SMILES string of the molecule is CC(C)OC(=O)[C@H]1OC[C@H](O[Si](c2ccccc2)(c2ccccc2)C(C)(C)C)[C@@H]1O[Si](c1ccccc1)(c1ccccc1)C(C)(C)C. The Morgan fingerprint density at radius 2 is 0.957 bits per heavy atom. The van der Waals surface area contributed by atoms with Gasteiger partial charge in [-0.05, 0) is 44.7 Å². The van der Waals surface area contributed by atoms with E-state index in [0.717, 1.165) is 20.7 Å². The molecule has 1 fully saturated rings. The van der Waals surface area contributed by atoms with Crippen LogP contribution in [0.2, 0.25) is 10.1 Å². The van der Waals surface area contributed by atoms with Crippen LogP contribution in [0.3, 0.4) is 0 Å². The smallest absolute Gasteiger partial charge is 0.338 e. The highest BCUT2D eigenvalue weighted by atomic mass is 28.4. The van der Waals surface area contributed by atoms with Crippen LogP contribution < -0.4 is 20.7 Å². The maximum atomic E-state index is 13.9. The quantitative estimate of drug-likeness (QED) is 0.149. The maximum Gasteiger partial charge on any atom is 0.338 e. The van der Waals surface area contributed by atoms with Gasteiger partial charge < -0.3 is 18.3 Å². The van der Waals surface area contributed by atoms with E-state index in [4.69, 9.17) is 18.3 Å². The molecule has 0 bridgehead atoms. The minimum atomic E-state index is -3.12. The monoisotopic (exact) mass is 666 g/mol. The minimum absolute atomic E-state index is 0.214. The molecule has 4 aromatic rings. The van der Waals surface area contributed by atoms with Crippen molar-refractivity contribution < 1.29 is 23.1 Å². The topological polar surface area (TPSA) is 54.0 Å². The van der Waals surface area contributed by atoms with Crippen LogP contribution in [0.5, 0.6) is 0 Å². The summed E-state index contributed by atoms with van der Waals surface area (Å²) in [7, 11) is -6.14. The predicted molar refractivity (Wildman–Crippen MR) is 196 cm³/mol. The summed E-state index contributed by atoms with van der Waals surface area (Å²) in [4.78, 5) is 13.9. The van der Waals surface area contributed by atoms with Crippen LogP contribution in [0.4, 0.5) is 0 Å². The van der Waals surface area contributed by atoms with Gasteiger partial charge in [0.1, 0.15) is 6.10 Å². The second kappa shape index (κ2) is 14.0. The van der Waals surface area contributed by atoms with E-state index >= 15 is 0 Å². The van der Waals surface area contributed by atoms with Crippen LogP contribution in [0.25, 0.3) is 0 Å². The molecule has 0 spiro atoms. The summed E-state index contributed by atoms with van der Waals surface area (Å²) >= 11 is 0. The first-order chi connectivity index (χ1) is 22.3. The van der Waals surface area contributed by atoms with Crippen molar-refractivity contribution in [2.45, 2.75) is 89.9 Å². The highest BCUT2D eigenvalue weighted by molar-refractivity contribution is 7.00. The minimum Gasteiger partial charge on any atom is -0.461 e. The number of carbonyl (C=O) groups is 1. The van der Waals surface area contributed by atoms with Crippen molar-refractivity contribution >= 4 is 43.4 Å². The van der Waals surface area contributed by atoms with E-state index in [1.807, 2.05) is 38.1 Å². The Bertz CT molecular complexity index is 1500. The highest BCUT2D eigenvalue weighted by Gasteiger charge is 2.59. The van der Waals surface area contributed by atoms with E-state index < -0.39 is 40.9 Å². The second-order valence-electron chi connectivity index (χ2n) is 14.8. The zero-order valence-electron chi connectivity index (χ0n) is 29.1. The molecule has 0 saturated carbocycles. The molecule has 1 aliphatic rings. The van der Waals surface area contributed by atoms with Crippen molar-refractivity contribution in [3.05, 3.63) is 121 Å². The number of ether oxygens (including phenoxy) is 2. The fourth-order valence-corrected chi connectivity index (χ4v) is 16.5. The molecule has 1 saturated heterocycles. The van der Waals surface area contributed by atoms with Gasteiger partial charge in [0.2, 0.25) is 0 Å². The van der Waals surface area contributed by atoms with Crippen molar-refractivity contribution in [1.82, 2.24) is 0 Å². The third-order valence-electron chi connectivity index (χ3n) is 9.16. The van der Waals surface area contributed by atoms with Gasteiger partial charge >= 0.3 is 5.97 Å². The fourth-order valence-electron chi connectivity index (χ4n) is 7.14. The molecule has 0 amide bonds. The van der Waals surface area contributed by atoms with Gasteiger partial charge in [-0.3, -0.25) is 0 Å². The first-order valence-corrected chi connectivity index (χ1v) is 20.5. The summed E-state index contributed by atoms with van der Waals surface area (Å²) in [5.74, 6) is -0.420. The number of hydrogen-bond donors (Lipinski definition) is 0. The zero-order chi connectivity index (χ0) is 33.9. The molecule has 7 heteroatoms. The van der Waals surface area contributed by atoms with E-state index in [9.17, 15) is 4.79 Å². The number of esters is 1. The summed E-state index contributed by atoms with van der Waals surface area (Å²) in [6, 6.07) is 42.2. The highest BCUT2D eigenvalue weighted by Crippen LogP contribution is 2.42. The molecule has 0 radical (unpaired) electrons. The summed E-state index contributed by atoms with van der Waals surface area (Å²) < 4.78 is 27.6. The Kier molecular flexibility index (Phi) is 10.4. The predicted octanol–water partition coefficient (Wildman–Crippen LogP) is 6.23. The second-order valence-corrected chi connectivity index (χ2v) is 23.3. The molecule has 5 rings (SSSR count). The molecule has 4 aromatic carbocycles. The van der Waals surface area contributed by atoms with Gasteiger partial charge in [0.25, 0.3) is 16.6 Å². The molecule has 248 valence electrons. The van der Waals surface area contributed by atoms with E-state index in [1.165, 1.54) is 0 Å². The Morgan fingerprint density at radius 3 is 1.28 bits per heavy atom. The van der Waals surface area contributed by atoms with Gasteiger partial charge in [-0.25, -0.2) is 4.79 Å². The van der Waals surface area contributed by atoms with Crippen molar-refractivity contribution in [3.8, 4) is 0 Å². The van der Waals surface area contributed by atoms with E-state index in [1.54, 1.807) is 0 Å². The summed E-state index contributed by atoms with van der Waals surface area (Å²) in [6.45, 7) is 17.5. The van der Waals surface area contributed by atoms with Crippen LogP contribution in [0, 0.1) is 0 Å². The van der Waals surface area contributed by atoms with Crippen molar-refractivity contribution in [2.75, 3.05) is 6.61 Å². The summed E-state index contributed by atoms with van der Waals surface area (Å²) in [5.41, 5.74) is 0. The molecule has 0 unspecified atom stereocenters. The van der Waals surface area contributed by atoms with Crippen molar-refractivity contribution in [2.24, 2.45) is 0 Å². The normalized spacial score (nSPS) is 19.1. The number of rotatable bonds is 10. The molecular formula is C40H50O5Si2. The molecule has 0 N–H and O–H groups in total. The Balaban J connectivity index is 1.72. The summed E-state index contributed by atoms with van der Waals surface area (Å²) in [6.07, 6.45) is -2.49. The molecule has 1 aliphatic heterocycles. The third-order valence-corrected chi connectivity index (χ3v) is 19.3. The van der Waals surface area contributed by atoms with Gasteiger partial charge in [-0.2, -0.15) is 0 Å². The van der Waals surface area contributed by atoms with Gasteiger partial charge in [-0.1, -0.05) is 163 Å². The van der Waals surface area contributed by atoms with Crippen LogP contribution in [-0.4, -0.2) is 53.6 Å². The molecule has 1 heterocycles. The molecule has 3 atom stereocenters. The van der Waals surface area contributed by atoms with Crippen LogP contribution in [0.1, 0.15) is 55.4 Å². The Morgan fingerprint density at radius 1 is 0.617 bits per heavy atom. The number of carbonyl (C=O) groups excluding carboxylic acids is 1. The van der Waals surface area contributed by atoms with Crippen LogP contribution >= 0.6 is 0 Å². The molecular weight excluding hydrogens is 617 g/mol. The lowest BCUT2D eigenvalue weighted by Gasteiger charge is -2.48. The van der Waals surface area contributed by atoms with Gasteiger partial charge in [0.05, 0.1) is 18.8 Å². The molecule has 5 nitrogen and oxygen atoms in total. The lowest BCUT2D eigenvalue weighted by molar-refractivity contribution is -0.161. The van der Waals surface area contributed by atoms with E-state index in [-0.39, 0.29) is 22.8 Å². The van der Waals surface area contributed by atoms with Gasteiger partial charge in [-0.15, -0.1) is 0 Å². The summed E-state index contributed by atoms with van der Waals surface area (Å²) in [5, 5.41) is 4.00. The van der Waals surface area contributed by atoms with Crippen LogP contribution in [-0.2, 0) is 23.1 Å². The van der Waals surface area contributed by atoms with E-state index in [2.05, 4.69) is 139 Å². The standard InChI is InChI=1S/C40H50O5Si2/c1-30(2)43-38(41)37-36(45-47(40(6,7)8,33-25-17-11-18-26-33)34-27-19-12-20-28-34)35(29-42-37)44-46(39(3,4)5,31-21-13-9-14-22-31)32-23-15-10-16-24-32/h9-28,30,35-37H,29H2,1-8H3/t35-,36-,37-/m0/s1. The van der Waals surface area contributed by atoms with E-state index in [0.29, 0.717) is 0 Å². The Labute approximate surface area is 283 Å². The molecule has 0 aromatic heterocycles. The first kappa shape index (κ1) is 35.0. The number of hydrogen-bond acceptors (Lipinski definition) is 5. The van der Waals surface area contributed by atoms with Crippen molar-refractivity contribution in [1.29, 1.82) is 0 Å². The van der Waals surface area contributed by atoms with Crippen LogP contribution in [0.15, 0.2) is 121 Å². The Hall–Kier alpha value is -3.34. The van der Waals surface area contributed by atoms with Gasteiger partial charge in [0.15, 0.2) is 6.10 Å². The average molecular weight is 667 g/mol. The molecule has 0 aliphatic carbocycles. The first-order valence-electron chi connectivity index (χ1n) is 16.7. The lowest BCUT2D eigenvalue weighted by atomic mass is 10.1. The zero-order valence-corrected chi connectivity index (χ0v) is 31.1. The largest absolute Gasteiger partial charge is 0.461 e. The average Bonchev–Trinajstić information content (AvgIpc) is 3.44. The lowest BCUT2D eigenvalue weighted by Crippen LogP contribution is -2.71. The third kappa shape index (κ3) is 6.83. The molecule has 47 heavy (non-hydrogen) atoms.